The molecule has 0 saturated carbocycles. The van der Waals surface area contributed by atoms with E-state index in [1.807, 2.05) is 44.2 Å². The van der Waals surface area contributed by atoms with E-state index in [0.717, 1.165) is 27.0 Å². The van der Waals surface area contributed by atoms with Crippen molar-refractivity contribution in [2.75, 3.05) is 6.61 Å². The molecule has 3 rings (SSSR count). The van der Waals surface area contributed by atoms with Crippen molar-refractivity contribution in [1.29, 1.82) is 0 Å². The van der Waals surface area contributed by atoms with Gasteiger partial charge in [0, 0.05) is 24.2 Å². The fourth-order valence-electron chi connectivity index (χ4n) is 3.67. The number of hydrogen-bond acceptors (Lipinski definition) is 9. The van der Waals surface area contributed by atoms with Gasteiger partial charge in [-0.15, -0.1) is 0 Å². The molecule has 194 valence electrons. The third-order valence-corrected chi connectivity index (χ3v) is 7.58. The van der Waals surface area contributed by atoms with Crippen LogP contribution in [0.3, 0.4) is 0 Å². The van der Waals surface area contributed by atoms with Crippen molar-refractivity contribution < 1.29 is 47.6 Å². The second kappa shape index (κ2) is 10.2. The van der Waals surface area contributed by atoms with Gasteiger partial charge in [0.15, 0.2) is 6.23 Å². The Balaban J connectivity index is 1.82. The number of aliphatic hydroxyl groups is 2. The fraction of sp³-hybridized carbons (Fsp3) is 0.474. The average Bonchev–Trinajstić information content (AvgIpc) is 3.03. The monoisotopic (exact) mass is 536 g/mol. The second-order valence-electron chi connectivity index (χ2n) is 8.56. The van der Waals surface area contributed by atoms with Gasteiger partial charge in [-0.3, -0.25) is 18.5 Å². The number of phosphoric acid groups is 2. The molecule has 5 atom stereocenters. The molecule has 1 aromatic heterocycles. The number of phosphoric ester groups is 1. The Morgan fingerprint density at radius 2 is 1.66 bits per heavy atom. The van der Waals surface area contributed by atoms with Gasteiger partial charge in [-0.1, -0.05) is 44.2 Å². The quantitative estimate of drug-likeness (QED) is 0.265. The third-order valence-electron chi connectivity index (χ3n) is 5.43. The lowest BCUT2D eigenvalue weighted by atomic mass is 9.84. The Kier molecular flexibility index (Phi) is 8.04. The van der Waals surface area contributed by atoms with Crippen molar-refractivity contribution in [2.24, 2.45) is 0 Å². The maximum absolute atomic E-state index is 13.1. The Labute approximate surface area is 198 Å². The average molecular weight is 536 g/mol. The molecular weight excluding hydrogens is 510 g/mol. The zero-order chi connectivity index (χ0) is 26.2. The van der Waals surface area contributed by atoms with E-state index < -0.39 is 63.5 Å². The van der Waals surface area contributed by atoms with Crippen LogP contribution < -0.4 is 11.2 Å². The highest BCUT2D eigenvalue weighted by Crippen LogP contribution is 2.57. The van der Waals surface area contributed by atoms with Gasteiger partial charge in [0.1, 0.15) is 18.3 Å². The summed E-state index contributed by atoms with van der Waals surface area (Å²) in [6, 6.07) is 10.3. The van der Waals surface area contributed by atoms with Gasteiger partial charge in [0.25, 0.3) is 5.56 Å². The Morgan fingerprint density at radius 1 is 1.03 bits per heavy atom. The Bertz CT molecular complexity index is 1250. The number of benzene rings is 1. The highest BCUT2D eigenvalue weighted by Gasteiger charge is 2.46. The van der Waals surface area contributed by atoms with Crippen molar-refractivity contribution in [3.05, 3.63) is 69.0 Å². The van der Waals surface area contributed by atoms with Gasteiger partial charge in [0.05, 0.1) is 6.61 Å². The van der Waals surface area contributed by atoms with Crippen LogP contribution in [-0.2, 0) is 34.7 Å². The fourth-order valence-corrected chi connectivity index (χ4v) is 5.27. The molecule has 1 aliphatic heterocycles. The van der Waals surface area contributed by atoms with Gasteiger partial charge < -0.3 is 29.6 Å². The zero-order valence-corrected chi connectivity index (χ0v) is 20.4. The minimum atomic E-state index is -5.36. The van der Waals surface area contributed by atoms with Crippen molar-refractivity contribution in [1.82, 2.24) is 9.13 Å². The van der Waals surface area contributed by atoms with Gasteiger partial charge in [-0.2, -0.15) is 4.31 Å². The van der Waals surface area contributed by atoms with Crippen molar-refractivity contribution in [2.45, 2.75) is 50.3 Å². The molecule has 2 heterocycles. The lowest BCUT2D eigenvalue weighted by molar-refractivity contribution is -0.0549. The first-order valence-corrected chi connectivity index (χ1v) is 13.3. The molecule has 0 spiro atoms. The number of rotatable bonds is 9. The second-order valence-corrected chi connectivity index (χ2v) is 11.4. The zero-order valence-electron chi connectivity index (χ0n) is 18.6. The van der Waals surface area contributed by atoms with E-state index in [2.05, 4.69) is 8.83 Å². The number of aromatic nitrogens is 2. The highest BCUT2D eigenvalue weighted by molar-refractivity contribution is 7.60. The van der Waals surface area contributed by atoms with E-state index in [0.29, 0.717) is 0 Å². The summed E-state index contributed by atoms with van der Waals surface area (Å²) in [5.74, 6) is 0. The highest BCUT2D eigenvalue weighted by atomic mass is 31.3. The molecule has 1 fully saturated rings. The Morgan fingerprint density at radius 3 is 2.26 bits per heavy atom. The molecule has 0 bridgehead atoms. The third kappa shape index (κ3) is 6.63. The van der Waals surface area contributed by atoms with Gasteiger partial charge >= 0.3 is 21.3 Å². The maximum atomic E-state index is 13.1. The number of ether oxygens (including phenoxy) is 1. The molecule has 2 unspecified atom stereocenters. The Hall–Kier alpha value is -1.96. The first-order valence-electron chi connectivity index (χ1n) is 10.2. The van der Waals surface area contributed by atoms with Crippen LogP contribution >= 0.6 is 15.6 Å². The summed E-state index contributed by atoms with van der Waals surface area (Å²) in [4.78, 5) is 52.3. The molecule has 5 N–H and O–H groups in total. The summed E-state index contributed by atoms with van der Waals surface area (Å²) in [5.41, 5.74) is -1.19. The summed E-state index contributed by atoms with van der Waals surface area (Å²) in [6.45, 7) is 2.76. The molecule has 0 amide bonds. The normalized spacial score (nSPS) is 24.9. The van der Waals surface area contributed by atoms with Crippen LogP contribution in [0.1, 0.15) is 25.6 Å². The largest absolute Gasteiger partial charge is 0.481 e. The van der Waals surface area contributed by atoms with Gasteiger partial charge in [-0.25, -0.2) is 13.9 Å². The standard InChI is InChI=1S/C19H26N2O12P2/c1-19(2,12-6-4-3-5-7-12)11-21-14(22)8-9-20(18(21)25)17-16(24)15(23)13(32-17)10-31-35(29,30)33-34(26,27)28/h3-9,13,15-17,23-24H,10-11H2,1-2H3,(H,29,30)(H2,26,27,28)/t13-,15+,16?,17-/m1/s1. The molecule has 35 heavy (non-hydrogen) atoms. The van der Waals surface area contributed by atoms with E-state index in [-0.39, 0.29) is 6.54 Å². The van der Waals surface area contributed by atoms with Gasteiger partial charge in [-0.05, 0) is 5.56 Å². The first-order chi connectivity index (χ1) is 16.1. The molecule has 0 radical (unpaired) electrons. The maximum Gasteiger partial charge on any atom is 0.481 e. The first kappa shape index (κ1) is 27.6. The van der Waals surface area contributed by atoms with E-state index >= 15 is 0 Å². The van der Waals surface area contributed by atoms with Gasteiger partial charge in [0.2, 0.25) is 0 Å². The van der Waals surface area contributed by atoms with E-state index in [1.165, 1.54) is 0 Å². The summed E-state index contributed by atoms with van der Waals surface area (Å²) in [7, 11) is -10.6. The number of nitrogens with zero attached hydrogens (tertiary/aromatic N) is 2. The van der Waals surface area contributed by atoms with Crippen LogP contribution in [-0.4, -0.2) is 58.9 Å². The van der Waals surface area contributed by atoms with E-state index in [1.54, 1.807) is 0 Å². The lowest BCUT2D eigenvalue weighted by Crippen LogP contribution is -2.45. The van der Waals surface area contributed by atoms with Crippen LogP contribution in [0.5, 0.6) is 0 Å². The molecule has 2 aromatic rings. The number of hydrogen-bond donors (Lipinski definition) is 5. The van der Waals surface area contributed by atoms with Crippen molar-refractivity contribution >= 4 is 15.6 Å². The molecule has 1 aromatic carbocycles. The molecule has 1 saturated heterocycles. The summed E-state index contributed by atoms with van der Waals surface area (Å²) >= 11 is 0. The summed E-state index contributed by atoms with van der Waals surface area (Å²) in [5, 5.41) is 20.7. The summed E-state index contributed by atoms with van der Waals surface area (Å²) < 4.78 is 37.8. The lowest BCUT2D eigenvalue weighted by Gasteiger charge is -2.27. The van der Waals surface area contributed by atoms with Crippen LogP contribution in [0.25, 0.3) is 0 Å². The topological polar surface area (TPSA) is 207 Å². The molecule has 16 heteroatoms. The number of aliphatic hydroxyl groups excluding tert-OH is 2. The van der Waals surface area contributed by atoms with Crippen LogP contribution in [0, 0.1) is 0 Å². The SMILES string of the molecule is CC(C)(Cn1c(=O)ccn([C@@H]2O[C@H](COP(=O)(O)OP(=O)(O)O)[C@H](O)C2O)c1=O)c1ccccc1. The smallest absolute Gasteiger partial charge is 0.387 e. The van der Waals surface area contributed by atoms with Crippen LogP contribution in [0.15, 0.2) is 52.2 Å². The van der Waals surface area contributed by atoms with Crippen LogP contribution in [0.2, 0.25) is 0 Å². The molecular formula is C19H26N2O12P2. The minimum absolute atomic E-state index is 0.0131. The molecule has 0 aliphatic carbocycles. The van der Waals surface area contributed by atoms with Crippen molar-refractivity contribution in [3.8, 4) is 0 Å². The molecule has 14 nitrogen and oxygen atoms in total. The van der Waals surface area contributed by atoms with Crippen molar-refractivity contribution in [3.63, 3.8) is 0 Å². The predicted molar refractivity (Wildman–Crippen MR) is 119 cm³/mol. The van der Waals surface area contributed by atoms with Crippen LogP contribution in [0.4, 0.5) is 0 Å². The predicted octanol–water partition coefficient (Wildman–Crippen LogP) is -0.167. The minimum Gasteiger partial charge on any atom is -0.387 e. The summed E-state index contributed by atoms with van der Waals surface area (Å²) in [6.07, 6.45) is -5.34. The van der Waals surface area contributed by atoms with E-state index in [9.17, 15) is 33.8 Å². The van der Waals surface area contributed by atoms with E-state index in [4.69, 9.17) is 14.5 Å². The molecule has 1 aliphatic rings.